The van der Waals surface area contributed by atoms with Gasteiger partial charge in [0, 0.05) is 12.5 Å². The standard InChI is InChI=1S/C17H29NOSSi2/c1-8-15(18(21(2,3)4)22(5,6)7)14-17(20)19-16-12-10-9-11-13-16/h8-13,15H,1,14H2,2-7H3. The maximum absolute atomic E-state index is 5.81. The second-order valence-corrected chi connectivity index (χ2v) is 18.1. The largest absolute Gasteiger partial charge is 0.450 e. The Morgan fingerprint density at radius 2 is 1.64 bits per heavy atom. The van der Waals surface area contributed by atoms with Gasteiger partial charge < -0.3 is 8.97 Å². The summed E-state index contributed by atoms with van der Waals surface area (Å²) in [5, 5.41) is 0.637. The molecule has 0 bridgehead atoms. The highest BCUT2D eigenvalue weighted by Crippen LogP contribution is 2.26. The Morgan fingerprint density at radius 1 is 1.14 bits per heavy atom. The lowest BCUT2D eigenvalue weighted by molar-refractivity contribution is 0.484. The Labute approximate surface area is 143 Å². The number of benzene rings is 1. The third kappa shape index (κ3) is 5.80. The summed E-state index contributed by atoms with van der Waals surface area (Å²) < 4.78 is 8.53. The van der Waals surface area contributed by atoms with Gasteiger partial charge in [0.1, 0.15) is 22.2 Å². The van der Waals surface area contributed by atoms with E-state index in [0.29, 0.717) is 5.05 Å². The molecule has 2 nitrogen and oxygen atoms in total. The maximum Gasteiger partial charge on any atom is 0.169 e. The average molecular weight is 352 g/mol. The molecule has 0 heterocycles. The van der Waals surface area contributed by atoms with Crippen LogP contribution in [0, 0.1) is 0 Å². The van der Waals surface area contributed by atoms with Gasteiger partial charge in [-0.05, 0) is 24.4 Å². The number of hydrogen-bond donors (Lipinski definition) is 0. The molecule has 0 spiro atoms. The smallest absolute Gasteiger partial charge is 0.169 e. The average Bonchev–Trinajstić information content (AvgIpc) is 2.35. The van der Waals surface area contributed by atoms with Crippen molar-refractivity contribution in [2.24, 2.45) is 0 Å². The van der Waals surface area contributed by atoms with Crippen molar-refractivity contribution in [2.75, 3.05) is 0 Å². The highest BCUT2D eigenvalue weighted by Gasteiger charge is 2.38. The first kappa shape index (κ1) is 19.3. The van der Waals surface area contributed by atoms with Crippen LogP contribution in [0.3, 0.4) is 0 Å². The van der Waals surface area contributed by atoms with Crippen LogP contribution in [0.5, 0.6) is 5.75 Å². The van der Waals surface area contributed by atoms with E-state index in [1.165, 1.54) is 0 Å². The van der Waals surface area contributed by atoms with Crippen molar-refractivity contribution in [1.82, 2.24) is 4.23 Å². The summed E-state index contributed by atoms with van der Waals surface area (Å²) in [6.45, 7) is 18.4. The zero-order chi connectivity index (χ0) is 17.0. The molecule has 1 unspecified atom stereocenters. The van der Waals surface area contributed by atoms with Gasteiger partial charge in [-0.2, -0.15) is 0 Å². The molecule has 1 aromatic rings. The van der Waals surface area contributed by atoms with Crippen LogP contribution in [0.2, 0.25) is 39.3 Å². The SMILES string of the molecule is C=CC(CC(=S)Oc1ccccc1)N([Si](C)(C)C)[Si](C)(C)C. The molecule has 0 radical (unpaired) electrons. The van der Waals surface area contributed by atoms with Crippen LogP contribution in [0.25, 0.3) is 0 Å². The maximum atomic E-state index is 5.81. The van der Waals surface area contributed by atoms with E-state index in [9.17, 15) is 0 Å². The molecule has 0 amide bonds. The van der Waals surface area contributed by atoms with E-state index in [4.69, 9.17) is 17.0 Å². The summed E-state index contributed by atoms with van der Waals surface area (Å²) in [6, 6.07) is 10.0. The van der Waals surface area contributed by atoms with Crippen LogP contribution < -0.4 is 4.74 Å². The molecule has 1 atom stereocenters. The predicted octanol–water partition coefficient (Wildman–Crippen LogP) is 5.31. The van der Waals surface area contributed by atoms with E-state index in [-0.39, 0.29) is 6.04 Å². The quantitative estimate of drug-likeness (QED) is 0.375. The second kappa shape index (κ2) is 7.68. The first-order valence-electron chi connectivity index (χ1n) is 7.73. The Balaban J connectivity index is 2.86. The van der Waals surface area contributed by atoms with Crippen molar-refractivity contribution in [3.8, 4) is 5.75 Å². The van der Waals surface area contributed by atoms with Gasteiger partial charge in [-0.1, -0.05) is 63.6 Å². The van der Waals surface area contributed by atoms with E-state index in [0.717, 1.165) is 12.2 Å². The van der Waals surface area contributed by atoms with Crippen LogP contribution in [0.4, 0.5) is 0 Å². The van der Waals surface area contributed by atoms with Crippen molar-refractivity contribution in [2.45, 2.75) is 51.7 Å². The topological polar surface area (TPSA) is 12.5 Å². The van der Waals surface area contributed by atoms with Crippen molar-refractivity contribution in [1.29, 1.82) is 0 Å². The molecular weight excluding hydrogens is 322 g/mol. The first-order chi connectivity index (χ1) is 10.1. The van der Waals surface area contributed by atoms with Crippen molar-refractivity contribution < 1.29 is 4.74 Å². The van der Waals surface area contributed by atoms with E-state index in [1.807, 2.05) is 36.4 Å². The van der Waals surface area contributed by atoms with Gasteiger partial charge in [-0.15, -0.1) is 6.58 Å². The molecule has 1 rings (SSSR count). The summed E-state index contributed by atoms with van der Waals surface area (Å²) in [4.78, 5) is 0. The number of nitrogens with zero attached hydrogens (tertiary/aromatic N) is 1. The molecule has 0 aliphatic rings. The summed E-state index contributed by atoms with van der Waals surface area (Å²) in [7, 11) is -2.91. The summed E-state index contributed by atoms with van der Waals surface area (Å²) in [5.41, 5.74) is 0. The summed E-state index contributed by atoms with van der Waals surface area (Å²) >= 11 is 5.48. The lowest BCUT2D eigenvalue weighted by Crippen LogP contribution is -2.63. The zero-order valence-corrected chi connectivity index (χ0v) is 17.5. The van der Waals surface area contributed by atoms with Crippen molar-refractivity contribution >= 4 is 33.7 Å². The highest BCUT2D eigenvalue weighted by atomic mass is 32.1. The fourth-order valence-corrected chi connectivity index (χ4v) is 13.8. The van der Waals surface area contributed by atoms with Gasteiger partial charge in [-0.25, -0.2) is 0 Å². The lowest BCUT2D eigenvalue weighted by Gasteiger charge is -2.47. The highest BCUT2D eigenvalue weighted by molar-refractivity contribution is 7.80. The normalized spacial score (nSPS) is 13.8. The van der Waals surface area contributed by atoms with E-state index < -0.39 is 16.5 Å². The van der Waals surface area contributed by atoms with Gasteiger partial charge in [0.2, 0.25) is 0 Å². The number of rotatable bonds is 7. The Morgan fingerprint density at radius 3 is 2.05 bits per heavy atom. The van der Waals surface area contributed by atoms with Gasteiger partial charge in [-0.3, -0.25) is 0 Å². The third-order valence-corrected chi connectivity index (χ3v) is 11.2. The van der Waals surface area contributed by atoms with Gasteiger partial charge in [0.25, 0.3) is 0 Å². The molecule has 1 aromatic carbocycles. The molecule has 0 N–H and O–H groups in total. The molecule has 122 valence electrons. The Bertz CT molecular complexity index is 492. The number of hydrogen-bond acceptors (Lipinski definition) is 3. The fourth-order valence-electron chi connectivity index (χ4n) is 3.11. The first-order valence-corrected chi connectivity index (χ1v) is 15.0. The van der Waals surface area contributed by atoms with Crippen molar-refractivity contribution in [3.05, 3.63) is 43.0 Å². The van der Waals surface area contributed by atoms with Crippen LogP contribution in [0.1, 0.15) is 6.42 Å². The third-order valence-electron chi connectivity index (χ3n) is 3.40. The Hall–Kier alpha value is -0.756. The van der Waals surface area contributed by atoms with E-state index >= 15 is 0 Å². The molecule has 0 fully saturated rings. The summed E-state index contributed by atoms with van der Waals surface area (Å²) in [5.74, 6) is 0.808. The van der Waals surface area contributed by atoms with Gasteiger partial charge >= 0.3 is 0 Å². The van der Waals surface area contributed by atoms with Gasteiger partial charge in [0.15, 0.2) is 5.05 Å². The number of para-hydroxylation sites is 1. The number of ether oxygens (including phenoxy) is 1. The minimum atomic E-state index is -1.46. The monoisotopic (exact) mass is 351 g/mol. The molecular formula is C17H29NOSSi2. The molecule has 0 aliphatic carbocycles. The minimum absolute atomic E-state index is 0.259. The van der Waals surface area contributed by atoms with Crippen LogP contribution in [-0.4, -0.2) is 31.8 Å². The van der Waals surface area contributed by atoms with E-state index in [1.54, 1.807) is 0 Å². The molecule has 0 saturated carbocycles. The predicted molar refractivity (Wildman–Crippen MR) is 107 cm³/mol. The molecule has 5 heteroatoms. The van der Waals surface area contributed by atoms with E-state index in [2.05, 4.69) is 50.1 Å². The summed E-state index contributed by atoms with van der Waals surface area (Å²) in [6.07, 6.45) is 2.76. The molecule has 0 saturated heterocycles. The van der Waals surface area contributed by atoms with Gasteiger partial charge in [0.05, 0.1) is 0 Å². The van der Waals surface area contributed by atoms with Crippen LogP contribution >= 0.6 is 12.2 Å². The molecule has 0 aliphatic heterocycles. The molecule has 22 heavy (non-hydrogen) atoms. The zero-order valence-electron chi connectivity index (χ0n) is 14.7. The van der Waals surface area contributed by atoms with Crippen LogP contribution in [-0.2, 0) is 0 Å². The lowest BCUT2D eigenvalue weighted by atomic mass is 10.2. The fraction of sp³-hybridized carbons (Fsp3) is 0.471. The van der Waals surface area contributed by atoms with Crippen LogP contribution in [0.15, 0.2) is 43.0 Å². The molecule has 0 aromatic heterocycles. The minimum Gasteiger partial charge on any atom is -0.450 e. The second-order valence-electron chi connectivity index (χ2n) is 7.51. The number of thiocarbonyl (C=S) groups is 1. The van der Waals surface area contributed by atoms with Crippen molar-refractivity contribution in [3.63, 3.8) is 0 Å². The Kier molecular flexibility index (Phi) is 6.73.